The van der Waals surface area contributed by atoms with Crippen molar-refractivity contribution in [3.05, 3.63) is 0 Å². The molecule has 0 spiro atoms. The van der Waals surface area contributed by atoms with Gasteiger partial charge in [0.2, 0.25) is 0 Å². The first-order valence-electron chi connectivity index (χ1n) is 0.908. The van der Waals surface area contributed by atoms with Crippen LogP contribution in [0.2, 0.25) is 0 Å². The minimum atomic E-state index is -4.67. The Morgan fingerprint density at radius 3 is 2.00 bits per heavy atom. The van der Waals surface area contributed by atoms with E-state index in [4.69, 9.17) is 14.1 Å². The van der Waals surface area contributed by atoms with Crippen LogP contribution < -0.4 is 0 Å². The molecule has 0 aromatic rings. The summed E-state index contributed by atoms with van der Waals surface area (Å²) in [5, 5.41) is 0. The van der Waals surface area contributed by atoms with Gasteiger partial charge in [-0.3, -0.25) is 0 Å². The molecule has 0 saturated heterocycles. The summed E-state index contributed by atoms with van der Waals surface area (Å²) in [7, 11) is -4.67. The second kappa shape index (κ2) is 1.25. The van der Waals surface area contributed by atoms with Gasteiger partial charge < -0.3 is 4.55 Å². The average Bonchev–Trinajstić information content (AvgIpc) is 0.722. The van der Waals surface area contributed by atoms with Crippen molar-refractivity contribution in [2.75, 3.05) is 0 Å². The molecule has 0 aromatic heterocycles. The molecule has 4 heavy (non-hydrogen) atoms. The standard InChI is InChI=1S/H2O3S/c1-4(2)3/h4H,(H,1,2,3)/p-1/i4T. The van der Waals surface area contributed by atoms with Gasteiger partial charge in [-0.2, -0.15) is 0 Å². The van der Waals surface area contributed by atoms with Crippen molar-refractivity contribution < 1.29 is 13.0 Å². The topological polar surface area (TPSA) is 57.2 Å². The summed E-state index contributed by atoms with van der Waals surface area (Å²) in [4.78, 5) is 0. The van der Waals surface area contributed by atoms with E-state index in [9.17, 15) is 0 Å². The van der Waals surface area contributed by atoms with Crippen LogP contribution >= 0.6 is 0 Å². The SMILES string of the molecule is [3H]S(=O)(=O)[O-]. The highest BCUT2D eigenvalue weighted by Crippen LogP contribution is 1.26. The van der Waals surface area contributed by atoms with E-state index in [1.54, 1.807) is 0 Å². The zero-order valence-electron chi connectivity index (χ0n) is 2.63. The van der Waals surface area contributed by atoms with Crippen LogP contribution in [-0.4, -0.2) is 14.1 Å². The maximum Gasteiger partial charge on any atom is 0.158 e. The first-order valence-corrected chi connectivity index (χ1v) is 1.50. The molecule has 0 heterocycles. The van der Waals surface area contributed by atoms with E-state index in [2.05, 4.69) is 0 Å². The molecular formula is HO3S-. The fraction of sp³-hybridized carbons (Fsp3) is 0. The van der Waals surface area contributed by atoms with Crippen LogP contribution in [0, 0.1) is 0 Å². The first-order chi connectivity index (χ1) is 2.00. The second-order valence-electron chi connectivity index (χ2n) is 0.204. The van der Waals surface area contributed by atoms with E-state index in [0.29, 0.717) is 0 Å². The van der Waals surface area contributed by atoms with Crippen molar-refractivity contribution in [3.63, 3.8) is 0 Å². The third-order valence-electron chi connectivity index (χ3n) is 0. The zero-order valence-corrected chi connectivity index (χ0v) is 2.45. The van der Waals surface area contributed by atoms with E-state index in [1.165, 1.54) is 0 Å². The first kappa shape index (κ1) is 2.17. The molecule has 0 unspecified atom stereocenters. The van der Waals surface area contributed by atoms with E-state index in [1.807, 2.05) is 0 Å². The fourth-order valence-corrected chi connectivity index (χ4v) is 0. The lowest BCUT2D eigenvalue weighted by molar-refractivity contribution is 0.488. The molecular weight excluding hydrogens is 80.1 g/mol. The third kappa shape index (κ3) is 195. The second-order valence-corrected chi connectivity index (χ2v) is 0.612. The summed E-state index contributed by atoms with van der Waals surface area (Å²) in [5.41, 5.74) is 0. The monoisotopic (exact) mass is 83.0 g/mol. The van der Waals surface area contributed by atoms with Crippen LogP contribution in [0.1, 0.15) is 0 Å². The minimum absolute atomic E-state index is 4.67. The van der Waals surface area contributed by atoms with Crippen molar-refractivity contribution in [1.82, 2.24) is 0 Å². The number of thiol groups is 1. The number of hydrogen-bond donors (Lipinski definition) is 1. The molecule has 0 N–H and O–H groups in total. The lowest BCUT2D eigenvalue weighted by atomic mass is 15.9. The summed E-state index contributed by atoms with van der Waals surface area (Å²) in [6.45, 7) is 0. The molecule has 26 valence electrons. The van der Waals surface area contributed by atoms with Gasteiger partial charge >= 0.3 is 0 Å². The largest absolute Gasteiger partial charge is 0.750 e. The number of rotatable bonds is 0. The highest BCUT2D eigenvalue weighted by atomic mass is 32.2. The maximum atomic E-state index is 8.74. The van der Waals surface area contributed by atoms with Crippen molar-refractivity contribution in [1.29, 1.82) is 1.12 Å². The van der Waals surface area contributed by atoms with Gasteiger partial charge in [-0.1, -0.05) is 0 Å². The van der Waals surface area contributed by atoms with Crippen LogP contribution in [0.4, 0.5) is 0 Å². The van der Waals surface area contributed by atoms with E-state index in [-0.39, 0.29) is 0 Å². The Morgan fingerprint density at radius 2 is 2.00 bits per heavy atom. The molecule has 0 aliphatic rings. The van der Waals surface area contributed by atoms with Gasteiger partial charge in [-0.15, -0.1) is 0 Å². The zero-order chi connectivity index (χ0) is 4.50. The molecule has 0 atom stereocenters. The van der Waals surface area contributed by atoms with Crippen LogP contribution in [0.3, 0.4) is 0 Å². The van der Waals surface area contributed by atoms with Crippen molar-refractivity contribution in [2.24, 2.45) is 0 Å². The number of hydrogen-bond acceptors (Lipinski definition) is 3. The Hall–Kier alpha value is -0.0900. The lowest BCUT2D eigenvalue weighted by Gasteiger charge is -1.68. The third-order valence-corrected chi connectivity index (χ3v) is 0. The molecule has 0 rings (SSSR count). The minimum Gasteiger partial charge on any atom is -0.750 e. The molecule has 0 radical (unpaired) electrons. The van der Waals surface area contributed by atoms with Gasteiger partial charge in [-0.05, 0) is 0 Å². The molecule has 0 bridgehead atoms. The quantitative estimate of drug-likeness (QED) is 0.293. The van der Waals surface area contributed by atoms with Gasteiger partial charge in [0.05, 0.1) is 10.9 Å². The Morgan fingerprint density at radius 1 is 2.00 bits per heavy atom. The van der Waals surface area contributed by atoms with Gasteiger partial charge in [0.25, 0.3) is 0 Å². The summed E-state index contributed by atoms with van der Waals surface area (Å²) < 4.78 is 31.6. The maximum absolute atomic E-state index is 8.74. The summed E-state index contributed by atoms with van der Waals surface area (Å²) >= 11 is 0. The predicted molar refractivity (Wildman–Crippen MR) is 11.1 cm³/mol. The van der Waals surface area contributed by atoms with E-state index < -0.39 is 10.9 Å². The predicted octanol–water partition coefficient (Wildman–Crippen LogP) is -1.27. The smallest absolute Gasteiger partial charge is 0.158 e. The molecule has 3 nitrogen and oxygen atoms in total. The highest BCUT2D eigenvalue weighted by molar-refractivity contribution is 7.66. The molecule has 0 fully saturated rings. The van der Waals surface area contributed by atoms with Crippen molar-refractivity contribution >= 4 is 10.9 Å². The van der Waals surface area contributed by atoms with E-state index >= 15 is 0 Å². The Labute approximate surface area is 26.1 Å². The van der Waals surface area contributed by atoms with Gasteiger partial charge in [0, 0.05) is 0 Å². The van der Waals surface area contributed by atoms with Gasteiger partial charge in [0.1, 0.15) is 0 Å². The Bertz CT molecular complexity index is 90.1. The fourth-order valence-electron chi connectivity index (χ4n) is 0. The average molecular weight is 83.1 g/mol. The summed E-state index contributed by atoms with van der Waals surface area (Å²) in [6, 6.07) is 0. The summed E-state index contributed by atoms with van der Waals surface area (Å²) in [6.07, 6.45) is 0. The molecule has 0 saturated carbocycles. The Balaban J connectivity index is 4.06. The normalized spacial score (nSPS) is 14.8. The molecule has 0 aliphatic carbocycles. The summed E-state index contributed by atoms with van der Waals surface area (Å²) in [5.74, 6) is 0. The molecule has 4 heteroatoms. The van der Waals surface area contributed by atoms with Crippen LogP contribution in [-0.2, 0) is 10.9 Å². The van der Waals surface area contributed by atoms with Crippen LogP contribution in [0.25, 0.3) is 0 Å². The lowest BCUT2D eigenvalue weighted by Crippen LogP contribution is -1.59. The van der Waals surface area contributed by atoms with Gasteiger partial charge in [0.15, 0.2) is 1.12 Å². The van der Waals surface area contributed by atoms with Crippen LogP contribution in [0.5, 0.6) is 0 Å². The van der Waals surface area contributed by atoms with Crippen molar-refractivity contribution in [3.8, 4) is 0 Å². The molecule has 0 aromatic carbocycles. The van der Waals surface area contributed by atoms with Crippen LogP contribution in [0.15, 0.2) is 0 Å². The van der Waals surface area contributed by atoms with Gasteiger partial charge in [-0.25, -0.2) is 8.42 Å². The Kier molecular flexibility index (Phi) is 0.679. The molecule has 0 aliphatic heterocycles. The highest BCUT2D eigenvalue weighted by Gasteiger charge is 1.25. The van der Waals surface area contributed by atoms with Crippen molar-refractivity contribution in [2.45, 2.75) is 0 Å². The molecule has 0 amide bonds. The van der Waals surface area contributed by atoms with E-state index in [0.717, 1.165) is 0 Å².